The predicted octanol–water partition coefficient (Wildman–Crippen LogP) is 1.55. The standard InChI is InChI=1S/C12H18N2OS/c1-9-5-3-4-6-11(9)16-8-7-10(14-2)12(13)15/h3-6,10,14H,7-8H2,1-2H3,(H2,13,15). The molecule has 16 heavy (non-hydrogen) atoms. The van der Waals surface area contributed by atoms with E-state index in [9.17, 15) is 4.79 Å². The lowest BCUT2D eigenvalue weighted by Crippen LogP contribution is -2.39. The average Bonchev–Trinajstić information content (AvgIpc) is 2.26. The molecule has 0 saturated heterocycles. The second kappa shape index (κ2) is 6.55. The van der Waals surface area contributed by atoms with Crippen LogP contribution in [0.4, 0.5) is 0 Å². The van der Waals surface area contributed by atoms with E-state index in [1.165, 1.54) is 10.5 Å². The number of thioether (sulfide) groups is 1. The van der Waals surface area contributed by atoms with Crippen LogP contribution in [0.25, 0.3) is 0 Å². The Morgan fingerprint density at radius 2 is 2.19 bits per heavy atom. The summed E-state index contributed by atoms with van der Waals surface area (Å²) in [6.45, 7) is 2.09. The van der Waals surface area contributed by atoms with Crippen molar-refractivity contribution in [3.63, 3.8) is 0 Å². The van der Waals surface area contributed by atoms with Crippen LogP contribution in [-0.4, -0.2) is 24.7 Å². The number of likely N-dealkylation sites (N-methyl/N-ethyl adjacent to an activating group) is 1. The lowest BCUT2D eigenvalue weighted by atomic mass is 10.2. The highest BCUT2D eigenvalue weighted by atomic mass is 32.2. The zero-order valence-corrected chi connectivity index (χ0v) is 10.5. The molecule has 1 atom stereocenters. The van der Waals surface area contributed by atoms with Crippen LogP contribution in [0.15, 0.2) is 29.2 Å². The van der Waals surface area contributed by atoms with Crippen LogP contribution >= 0.6 is 11.8 Å². The van der Waals surface area contributed by atoms with Gasteiger partial charge in [-0.25, -0.2) is 0 Å². The van der Waals surface area contributed by atoms with Gasteiger partial charge in [-0.2, -0.15) is 0 Å². The van der Waals surface area contributed by atoms with Crippen molar-refractivity contribution < 1.29 is 4.79 Å². The van der Waals surface area contributed by atoms with Crippen LogP contribution in [0.3, 0.4) is 0 Å². The number of carbonyl (C=O) groups excluding carboxylic acids is 1. The van der Waals surface area contributed by atoms with E-state index in [0.717, 1.165) is 12.2 Å². The topological polar surface area (TPSA) is 55.1 Å². The molecule has 1 aromatic rings. The maximum Gasteiger partial charge on any atom is 0.234 e. The Morgan fingerprint density at radius 1 is 1.50 bits per heavy atom. The summed E-state index contributed by atoms with van der Waals surface area (Å²) in [6.07, 6.45) is 0.755. The van der Waals surface area contributed by atoms with E-state index in [-0.39, 0.29) is 11.9 Å². The van der Waals surface area contributed by atoms with Gasteiger partial charge < -0.3 is 11.1 Å². The van der Waals surface area contributed by atoms with E-state index < -0.39 is 0 Å². The third kappa shape index (κ3) is 3.87. The third-order valence-corrected chi connectivity index (χ3v) is 3.66. The molecule has 0 radical (unpaired) electrons. The largest absolute Gasteiger partial charge is 0.368 e. The van der Waals surface area contributed by atoms with Crippen molar-refractivity contribution in [3.8, 4) is 0 Å². The zero-order chi connectivity index (χ0) is 12.0. The molecule has 1 rings (SSSR count). The summed E-state index contributed by atoms with van der Waals surface area (Å²) in [6, 6.07) is 8.01. The fourth-order valence-electron chi connectivity index (χ4n) is 1.43. The molecule has 0 bridgehead atoms. The minimum atomic E-state index is -0.284. The Morgan fingerprint density at radius 3 is 2.75 bits per heavy atom. The van der Waals surface area contributed by atoms with Gasteiger partial charge in [0.1, 0.15) is 0 Å². The molecule has 0 fully saturated rings. The van der Waals surface area contributed by atoms with Crippen LogP contribution in [0.2, 0.25) is 0 Å². The Bertz CT molecular complexity index is 355. The van der Waals surface area contributed by atoms with E-state index in [4.69, 9.17) is 5.73 Å². The Hall–Kier alpha value is -1.00. The number of aryl methyl sites for hydroxylation is 1. The lowest BCUT2D eigenvalue weighted by molar-refractivity contribution is -0.119. The quantitative estimate of drug-likeness (QED) is 0.739. The normalized spacial score (nSPS) is 12.4. The van der Waals surface area contributed by atoms with Crippen LogP contribution in [0.5, 0.6) is 0 Å². The molecule has 0 aliphatic rings. The molecular formula is C12H18N2OS. The first-order valence-corrected chi connectivity index (χ1v) is 6.28. The maximum absolute atomic E-state index is 11.0. The summed E-state index contributed by atoms with van der Waals surface area (Å²) < 4.78 is 0. The number of carbonyl (C=O) groups is 1. The van der Waals surface area contributed by atoms with E-state index in [1.807, 2.05) is 12.1 Å². The molecule has 0 aliphatic heterocycles. The van der Waals surface area contributed by atoms with Crippen LogP contribution < -0.4 is 11.1 Å². The van der Waals surface area contributed by atoms with E-state index in [1.54, 1.807) is 18.8 Å². The van der Waals surface area contributed by atoms with Gasteiger partial charge in [0, 0.05) is 10.6 Å². The van der Waals surface area contributed by atoms with E-state index >= 15 is 0 Å². The first-order chi connectivity index (χ1) is 7.65. The monoisotopic (exact) mass is 238 g/mol. The van der Waals surface area contributed by atoms with Gasteiger partial charge in [0.15, 0.2) is 0 Å². The summed E-state index contributed by atoms with van der Waals surface area (Å²) >= 11 is 1.76. The highest BCUT2D eigenvalue weighted by Crippen LogP contribution is 2.22. The van der Waals surface area contributed by atoms with Gasteiger partial charge in [-0.1, -0.05) is 18.2 Å². The van der Waals surface area contributed by atoms with Crippen LogP contribution in [-0.2, 0) is 4.79 Å². The lowest BCUT2D eigenvalue weighted by Gasteiger charge is -2.12. The van der Waals surface area contributed by atoms with Crippen LogP contribution in [0, 0.1) is 6.92 Å². The SMILES string of the molecule is CNC(CCSc1ccccc1C)C(N)=O. The van der Waals surface area contributed by atoms with Crippen molar-refractivity contribution in [2.24, 2.45) is 5.73 Å². The minimum absolute atomic E-state index is 0.225. The van der Waals surface area contributed by atoms with Gasteiger partial charge in [0.2, 0.25) is 5.91 Å². The van der Waals surface area contributed by atoms with Gasteiger partial charge >= 0.3 is 0 Å². The Balaban J connectivity index is 2.41. The van der Waals surface area contributed by atoms with Gasteiger partial charge in [-0.15, -0.1) is 11.8 Å². The molecule has 88 valence electrons. The van der Waals surface area contributed by atoms with Crippen molar-refractivity contribution >= 4 is 17.7 Å². The number of benzene rings is 1. The summed E-state index contributed by atoms with van der Waals surface area (Å²) in [7, 11) is 1.76. The second-order valence-electron chi connectivity index (χ2n) is 3.65. The number of amides is 1. The molecule has 1 unspecified atom stereocenters. The average molecular weight is 238 g/mol. The van der Waals surface area contributed by atoms with Crippen molar-refractivity contribution in [2.45, 2.75) is 24.3 Å². The molecule has 0 aromatic heterocycles. The van der Waals surface area contributed by atoms with Crippen molar-refractivity contribution in [1.29, 1.82) is 0 Å². The molecule has 0 heterocycles. The summed E-state index contributed by atoms with van der Waals surface area (Å²) in [5.74, 6) is 0.604. The molecule has 0 saturated carbocycles. The molecule has 1 amide bonds. The zero-order valence-electron chi connectivity index (χ0n) is 9.69. The van der Waals surface area contributed by atoms with Gasteiger partial charge in [-0.3, -0.25) is 4.79 Å². The summed E-state index contributed by atoms with van der Waals surface area (Å²) in [5, 5.41) is 2.91. The number of hydrogen-bond acceptors (Lipinski definition) is 3. The van der Waals surface area contributed by atoms with Gasteiger partial charge in [-0.05, 0) is 32.0 Å². The summed E-state index contributed by atoms with van der Waals surface area (Å²) in [5.41, 5.74) is 6.52. The van der Waals surface area contributed by atoms with Crippen molar-refractivity contribution in [3.05, 3.63) is 29.8 Å². The fraction of sp³-hybridized carbons (Fsp3) is 0.417. The molecule has 3 N–H and O–H groups in total. The Labute approximate surface area is 101 Å². The van der Waals surface area contributed by atoms with Gasteiger partial charge in [0.05, 0.1) is 6.04 Å². The smallest absolute Gasteiger partial charge is 0.234 e. The number of hydrogen-bond donors (Lipinski definition) is 2. The number of primary amides is 1. The first kappa shape index (κ1) is 13.1. The number of rotatable bonds is 6. The predicted molar refractivity (Wildman–Crippen MR) is 68.6 cm³/mol. The number of nitrogens with one attached hydrogen (secondary N) is 1. The van der Waals surface area contributed by atoms with Gasteiger partial charge in [0.25, 0.3) is 0 Å². The molecular weight excluding hydrogens is 220 g/mol. The Kier molecular flexibility index (Phi) is 5.35. The summed E-state index contributed by atoms with van der Waals surface area (Å²) in [4.78, 5) is 12.3. The fourth-order valence-corrected chi connectivity index (χ4v) is 2.48. The van der Waals surface area contributed by atoms with Crippen LogP contribution in [0.1, 0.15) is 12.0 Å². The minimum Gasteiger partial charge on any atom is -0.368 e. The molecule has 0 spiro atoms. The second-order valence-corrected chi connectivity index (χ2v) is 4.78. The highest BCUT2D eigenvalue weighted by Gasteiger charge is 2.11. The number of nitrogens with two attached hydrogens (primary N) is 1. The molecule has 4 heteroatoms. The highest BCUT2D eigenvalue weighted by molar-refractivity contribution is 7.99. The third-order valence-electron chi connectivity index (χ3n) is 2.45. The molecule has 1 aromatic carbocycles. The van der Waals surface area contributed by atoms with Crippen molar-refractivity contribution in [2.75, 3.05) is 12.8 Å². The molecule has 3 nitrogen and oxygen atoms in total. The maximum atomic E-state index is 11.0. The van der Waals surface area contributed by atoms with Crippen molar-refractivity contribution in [1.82, 2.24) is 5.32 Å². The molecule has 0 aliphatic carbocycles. The van der Waals surface area contributed by atoms with E-state index in [2.05, 4.69) is 24.4 Å². The van der Waals surface area contributed by atoms with E-state index in [0.29, 0.717) is 0 Å². The first-order valence-electron chi connectivity index (χ1n) is 5.30.